The summed E-state index contributed by atoms with van der Waals surface area (Å²) < 4.78 is 1.52. The van der Waals surface area contributed by atoms with Crippen LogP contribution in [0.3, 0.4) is 0 Å². The van der Waals surface area contributed by atoms with Gasteiger partial charge >= 0.3 is 6.03 Å². The molecule has 6 nitrogen and oxygen atoms in total. The number of carbonyl (C=O) groups is 2. The lowest BCUT2D eigenvalue weighted by Gasteiger charge is -2.11. The first kappa shape index (κ1) is 22.6. The molecule has 2 N–H and O–H groups in total. The van der Waals surface area contributed by atoms with E-state index in [2.05, 4.69) is 42.2 Å². The van der Waals surface area contributed by atoms with Crippen molar-refractivity contribution in [1.29, 1.82) is 0 Å². The predicted octanol–water partition coefficient (Wildman–Crippen LogP) is 5.98. The Labute approximate surface area is 198 Å². The van der Waals surface area contributed by atoms with Gasteiger partial charge in [-0.2, -0.15) is 9.72 Å². The van der Waals surface area contributed by atoms with Crippen LogP contribution < -0.4 is 10.8 Å². The fraction of sp³-hybridized carbons (Fsp3) is 0.0500. The molecule has 0 bridgehead atoms. The number of halogens is 4. The third-order valence-corrected chi connectivity index (χ3v) is 6.04. The van der Waals surface area contributed by atoms with E-state index in [9.17, 15) is 14.8 Å². The second-order valence-electron chi connectivity index (χ2n) is 6.16. The summed E-state index contributed by atoms with van der Waals surface area (Å²) in [4.78, 5) is 28.3. The van der Waals surface area contributed by atoms with Crippen LogP contribution in [0.2, 0.25) is 10.2 Å². The average molecular weight is 574 g/mol. The van der Waals surface area contributed by atoms with Crippen molar-refractivity contribution in [2.75, 3.05) is 0 Å². The van der Waals surface area contributed by atoms with Gasteiger partial charge in [0.05, 0.1) is 10.6 Å². The number of nitrogens with zero attached hydrogens (tertiary/aromatic N) is 2. The largest absolute Gasteiger partial charge is 0.425 e. The monoisotopic (exact) mass is 571 g/mol. The molecule has 0 radical (unpaired) electrons. The van der Waals surface area contributed by atoms with Crippen LogP contribution in [0.25, 0.3) is 11.1 Å². The van der Waals surface area contributed by atoms with Crippen molar-refractivity contribution in [3.63, 3.8) is 0 Å². The first-order valence-electron chi connectivity index (χ1n) is 8.40. The Kier molecular flexibility index (Phi) is 7.02. The second kappa shape index (κ2) is 9.34. The van der Waals surface area contributed by atoms with Gasteiger partial charge in [0.2, 0.25) is 0 Å². The molecule has 0 atom stereocenters. The number of rotatable bonds is 2. The van der Waals surface area contributed by atoms with Gasteiger partial charge in [0.15, 0.2) is 10.6 Å². The normalized spacial score (nSPS) is 11.4. The quantitative estimate of drug-likeness (QED) is 0.292. The van der Waals surface area contributed by atoms with Crippen molar-refractivity contribution in [3.8, 4) is 11.1 Å². The first-order valence-corrected chi connectivity index (χ1v) is 10.7. The van der Waals surface area contributed by atoms with Gasteiger partial charge in [-0.05, 0) is 56.5 Å². The number of hydrogen-bond acceptors (Lipinski definition) is 3. The number of hydrogen-bond donors (Lipinski definition) is 2. The highest BCUT2D eigenvalue weighted by molar-refractivity contribution is 9.11. The minimum Gasteiger partial charge on any atom is -0.425 e. The Hall–Kier alpha value is -2.13. The highest BCUT2D eigenvalue weighted by Gasteiger charge is 2.18. The zero-order valence-corrected chi connectivity index (χ0v) is 20.0. The lowest BCUT2D eigenvalue weighted by molar-refractivity contribution is 0.0964. The summed E-state index contributed by atoms with van der Waals surface area (Å²) in [6.07, 6.45) is 0. The maximum absolute atomic E-state index is 12.4. The summed E-state index contributed by atoms with van der Waals surface area (Å²) in [5.74, 6) is -0.680. The molecule has 154 valence electrons. The van der Waals surface area contributed by atoms with Crippen molar-refractivity contribution in [3.05, 3.63) is 84.3 Å². The lowest BCUT2D eigenvalue weighted by atomic mass is 10.1. The van der Waals surface area contributed by atoms with Gasteiger partial charge in [0.1, 0.15) is 0 Å². The van der Waals surface area contributed by atoms with E-state index in [1.54, 1.807) is 30.3 Å². The number of aryl methyl sites for hydroxylation is 1. The number of aromatic nitrogens is 1. The summed E-state index contributed by atoms with van der Waals surface area (Å²) in [5.41, 5.74) is 2.10. The highest BCUT2D eigenvalue weighted by atomic mass is 79.9. The third-order valence-electron chi connectivity index (χ3n) is 4.07. The Morgan fingerprint density at radius 3 is 2.27 bits per heavy atom. The van der Waals surface area contributed by atoms with Gasteiger partial charge in [0, 0.05) is 20.6 Å². The van der Waals surface area contributed by atoms with E-state index in [1.165, 1.54) is 6.07 Å². The van der Waals surface area contributed by atoms with Crippen molar-refractivity contribution in [1.82, 2.24) is 10.0 Å². The van der Waals surface area contributed by atoms with Crippen molar-refractivity contribution in [2.45, 2.75) is 6.92 Å². The molecule has 0 saturated heterocycles. The van der Waals surface area contributed by atoms with Gasteiger partial charge < -0.3 is 5.21 Å². The molecular weight excluding hydrogens is 561 g/mol. The maximum atomic E-state index is 12.4. The van der Waals surface area contributed by atoms with Gasteiger partial charge in [-0.25, -0.2) is 4.79 Å². The Morgan fingerprint density at radius 2 is 1.67 bits per heavy atom. The molecule has 3 aromatic rings. The number of imide groups is 1. The fourth-order valence-corrected chi connectivity index (χ4v) is 4.62. The number of benzene rings is 2. The molecule has 10 heteroatoms. The Bertz CT molecular complexity index is 1200. The van der Waals surface area contributed by atoms with Crippen molar-refractivity contribution in [2.24, 2.45) is 4.99 Å². The van der Waals surface area contributed by atoms with Crippen LogP contribution in [-0.2, 0) is 0 Å². The molecule has 30 heavy (non-hydrogen) atoms. The van der Waals surface area contributed by atoms with Crippen LogP contribution in [0, 0.1) is 6.92 Å². The van der Waals surface area contributed by atoms with E-state index in [0.29, 0.717) is 24.8 Å². The minimum atomic E-state index is -0.999. The van der Waals surface area contributed by atoms with E-state index >= 15 is 0 Å². The third kappa shape index (κ3) is 4.78. The molecule has 0 aliphatic heterocycles. The number of nitrogens with one attached hydrogen (secondary N) is 1. The molecule has 0 spiro atoms. The average Bonchev–Trinajstić information content (AvgIpc) is 2.67. The van der Waals surface area contributed by atoms with Crippen molar-refractivity contribution < 1.29 is 14.8 Å². The van der Waals surface area contributed by atoms with E-state index in [1.807, 2.05) is 19.1 Å². The molecule has 3 rings (SSSR count). The molecule has 2 aromatic carbocycles. The molecule has 1 heterocycles. The second-order valence-corrected chi connectivity index (χ2v) is 8.64. The highest BCUT2D eigenvalue weighted by Crippen LogP contribution is 2.33. The van der Waals surface area contributed by atoms with Crippen LogP contribution >= 0.6 is 55.1 Å². The molecule has 0 aliphatic rings. The maximum Gasteiger partial charge on any atom is 0.349 e. The van der Waals surface area contributed by atoms with Crippen LogP contribution in [0.4, 0.5) is 4.79 Å². The standard InChI is InChI=1S/C20H13Br2Cl2N3O3/c1-10-5-7-11(8-6-10)16-14(23)9-15(27(30)18(16)24)25-20(29)26-19(28)17-12(21)3-2-4-13(17)22/h2-9,30H,1H3,(H,26,28,29). The molecule has 0 aliphatic carbocycles. The molecule has 3 amide bonds. The van der Waals surface area contributed by atoms with Gasteiger partial charge in [-0.1, -0.05) is 59.1 Å². The Balaban J connectivity index is 1.95. The van der Waals surface area contributed by atoms with E-state index in [-0.39, 0.29) is 21.2 Å². The van der Waals surface area contributed by atoms with Crippen LogP contribution in [0.15, 0.2) is 62.5 Å². The molecule has 1 aromatic heterocycles. The van der Waals surface area contributed by atoms with Gasteiger partial charge in [-0.15, -0.1) is 0 Å². The first-order chi connectivity index (χ1) is 14.2. The van der Waals surface area contributed by atoms with Crippen molar-refractivity contribution >= 4 is 67.0 Å². The fourth-order valence-electron chi connectivity index (χ4n) is 2.61. The summed E-state index contributed by atoms with van der Waals surface area (Å²) in [7, 11) is 0. The van der Waals surface area contributed by atoms with Crippen LogP contribution in [0.5, 0.6) is 0 Å². The zero-order valence-electron chi connectivity index (χ0n) is 15.3. The number of pyridine rings is 1. The molecule has 0 unspecified atom stereocenters. The molecule has 0 saturated carbocycles. The number of urea groups is 1. The lowest BCUT2D eigenvalue weighted by Crippen LogP contribution is -2.31. The summed E-state index contributed by atoms with van der Waals surface area (Å²) in [6.45, 7) is 1.94. The Morgan fingerprint density at radius 1 is 1.07 bits per heavy atom. The smallest absolute Gasteiger partial charge is 0.349 e. The summed E-state index contributed by atoms with van der Waals surface area (Å²) >= 11 is 19.1. The predicted molar refractivity (Wildman–Crippen MR) is 122 cm³/mol. The topological polar surface area (TPSA) is 83.7 Å². The molecular formula is C20H13Br2Cl2N3O3. The number of amides is 3. The van der Waals surface area contributed by atoms with Crippen LogP contribution in [0.1, 0.15) is 15.9 Å². The van der Waals surface area contributed by atoms with Gasteiger partial charge in [0.25, 0.3) is 5.91 Å². The molecule has 0 fully saturated rings. The van der Waals surface area contributed by atoms with E-state index in [4.69, 9.17) is 23.2 Å². The number of carbonyl (C=O) groups excluding carboxylic acids is 2. The zero-order chi connectivity index (χ0) is 22.0. The summed E-state index contributed by atoms with van der Waals surface area (Å²) in [5, 5.41) is 12.5. The van der Waals surface area contributed by atoms with Gasteiger partial charge in [-0.3, -0.25) is 10.1 Å². The minimum absolute atomic E-state index is 0.127. The SMILES string of the molecule is Cc1ccc(-c2c(Cl)cc(=NC(=O)NC(=O)c3c(Br)cccc3Br)n(O)c2Cl)cc1. The van der Waals surface area contributed by atoms with E-state index in [0.717, 1.165) is 5.56 Å². The summed E-state index contributed by atoms with van der Waals surface area (Å²) in [6, 6.07) is 12.7. The van der Waals surface area contributed by atoms with E-state index < -0.39 is 11.9 Å². The van der Waals surface area contributed by atoms with Crippen LogP contribution in [-0.4, -0.2) is 21.9 Å².